The molecule has 2 aromatic heterocycles. The second kappa shape index (κ2) is 41.6. The van der Waals surface area contributed by atoms with E-state index in [-0.39, 0.29) is 93.4 Å². The van der Waals surface area contributed by atoms with Crippen LogP contribution in [0.4, 0.5) is 21.0 Å². The van der Waals surface area contributed by atoms with Crippen molar-refractivity contribution in [1.29, 1.82) is 0 Å². The fourth-order valence-corrected chi connectivity index (χ4v) is 16.9. The van der Waals surface area contributed by atoms with E-state index in [0.29, 0.717) is 17.5 Å². The first-order valence-corrected chi connectivity index (χ1v) is 42.1. The highest BCUT2D eigenvalue weighted by atomic mass is 32.2. The van der Waals surface area contributed by atoms with E-state index in [9.17, 15) is 71.7 Å². The summed E-state index contributed by atoms with van der Waals surface area (Å²) >= 11 is -0.269. The average Bonchev–Trinajstić information content (AvgIpc) is 1.61. The number of carbonyl (C=O) groups excluding carboxylic acids is 12. The number of aliphatic hydroxyl groups excluding tert-OH is 2. The van der Waals surface area contributed by atoms with Crippen LogP contribution >= 0.6 is 22.7 Å². The van der Waals surface area contributed by atoms with Gasteiger partial charge in [-0.05, 0) is 117 Å². The molecule has 7 heterocycles. The van der Waals surface area contributed by atoms with E-state index in [1.54, 1.807) is 6.07 Å². The molecule has 0 radical (unpaired) electrons. The van der Waals surface area contributed by atoms with Gasteiger partial charge in [0.1, 0.15) is 80.5 Å². The number of ether oxygens (including phenoxy) is 18. The lowest BCUT2D eigenvalue weighted by Crippen LogP contribution is -2.63. The molecule has 0 aliphatic carbocycles. The molecule has 39 nitrogen and oxygen atoms in total. The zero-order valence-corrected chi connectivity index (χ0v) is 72.6. The predicted molar refractivity (Wildman–Crippen MR) is 436 cm³/mol. The smallest absolute Gasteiger partial charge is 0.416 e. The number of thiophene rings is 2. The normalized spacial score (nSPS) is 21.9. The molecule has 0 saturated carbocycles. The van der Waals surface area contributed by atoms with Crippen LogP contribution in [0.2, 0.25) is 0 Å². The number of amides is 4. The number of aliphatic hydroxyl groups is 2. The van der Waals surface area contributed by atoms with Crippen LogP contribution < -0.4 is 42.4 Å². The van der Waals surface area contributed by atoms with E-state index in [2.05, 4.69) is 0 Å². The van der Waals surface area contributed by atoms with Gasteiger partial charge in [-0.1, -0.05) is 31.2 Å². The number of benzene rings is 5. The zero-order chi connectivity index (χ0) is 91.4. The molecular weight excluding hydrogens is 1730 g/mol. The lowest BCUT2D eigenvalue weighted by atomic mass is 9.98. The molecule has 0 spiro atoms. The summed E-state index contributed by atoms with van der Waals surface area (Å²) in [4.78, 5) is 165. The van der Waals surface area contributed by atoms with Crippen LogP contribution in [0.3, 0.4) is 0 Å². The summed E-state index contributed by atoms with van der Waals surface area (Å²) in [6.45, 7) is 7.46. The number of β-amino-alcohol motifs (C(OH)–C–C–N with tert-alkyl or cyclic N) is 1. The van der Waals surface area contributed by atoms with Crippen molar-refractivity contribution < 1.29 is 166 Å². The van der Waals surface area contributed by atoms with Gasteiger partial charge in [-0.25, -0.2) is 23.6 Å². The van der Waals surface area contributed by atoms with Crippen molar-refractivity contribution in [1.82, 2.24) is 9.80 Å². The number of esters is 8. The molecule has 42 heteroatoms. The monoisotopic (exact) mass is 1820 g/mol. The van der Waals surface area contributed by atoms with Gasteiger partial charge in [0, 0.05) is 96.8 Å². The summed E-state index contributed by atoms with van der Waals surface area (Å²) in [5.41, 5.74) is 2.14. The molecule has 3 unspecified atom stereocenters. The minimum absolute atomic E-state index is 0.0154. The highest BCUT2D eigenvalue weighted by Crippen LogP contribution is 2.45. The highest BCUT2D eigenvalue weighted by Gasteiger charge is 2.56. The Labute approximate surface area is 735 Å². The van der Waals surface area contributed by atoms with E-state index in [0.717, 1.165) is 86.1 Å². The van der Waals surface area contributed by atoms with Gasteiger partial charge < -0.3 is 114 Å². The van der Waals surface area contributed by atoms with E-state index < -0.39 is 209 Å². The fraction of sp³-hybridized carbons (Fsp3) is 0.412. The lowest BCUT2D eigenvalue weighted by molar-refractivity contribution is -0.288. The summed E-state index contributed by atoms with van der Waals surface area (Å²) in [5, 5.41) is 28.5. The number of hydrogen-bond acceptors (Lipinski definition) is 37. The molecule has 7 aromatic rings. The standard InChI is InChI=1S/C85H90N4O35S3/c1-12-70-54(21-23-125-70)33-86-35-72(98)88(84(102)112-36-50-13-17-56(18-14-50)120-82-77(118-48(8)96)75(116-46(6)94)73(114-44(4)92)68(122-82)40-108-42(2)90)61-30-66(64(106-10)28-59(61)79(86)99)110-38-52-25-53(27-58(26-52)124-127(104)105)39-111-67-31-62-60(29-65(67)107-11)80(100)87-34-55-22-24-126-71(55)32-63(87)81(101)89(62)85(103)113-37-51-15-19-57(20-16-51)121-83-78(119-49(9)97)76(117-47(7)95)74(115-45(5)93)69(123-83)41-109-43(3)91/h13-31,63,68-69,72-78,81-83,98,101H,12,32-41H2,1-11H3,(H,104,105)/p-1/t63-,68+,69+,72?,73-,74-,75-,76-,77+,78+,81?,82+,83+/m0/s1. The third-order valence-corrected chi connectivity index (χ3v) is 22.6. The van der Waals surface area contributed by atoms with Crippen LogP contribution in [-0.2, 0) is 159 Å². The Morgan fingerprint density at radius 1 is 0.496 bits per heavy atom. The van der Waals surface area contributed by atoms with E-state index in [1.165, 1.54) is 132 Å². The van der Waals surface area contributed by atoms with Crippen molar-refractivity contribution in [3.8, 4) is 40.2 Å². The zero-order valence-electron chi connectivity index (χ0n) is 70.1. The van der Waals surface area contributed by atoms with Crippen molar-refractivity contribution >= 4 is 117 Å². The number of rotatable bonds is 31. The predicted octanol–water partition coefficient (Wildman–Crippen LogP) is 7.80. The van der Waals surface area contributed by atoms with Crippen LogP contribution in [0.1, 0.15) is 126 Å². The number of anilines is 2. The van der Waals surface area contributed by atoms with Gasteiger partial charge in [-0.15, -0.1) is 22.7 Å². The van der Waals surface area contributed by atoms with Gasteiger partial charge in [-0.2, -0.15) is 0 Å². The Hall–Kier alpha value is -12.7. The minimum atomic E-state index is -3.15. The molecule has 678 valence electrons. The Kier molecular flexibility index (Phi) is 30.6. The molecule has 5 aliphatic heterocycles. The summed E-state index contributed by atoms with van der Waals surface area (Å²) in [7, 11) is 2.60. The highest BCUT2D eigenvalue weighted by molar-refractivity contribution is 7.74. The fourth-order valence-electron chi connectivity index (χ4n) is 14.8. The number of nitrogens with zero attached hydrogens (tertiary/aromatic N) is 4. The van der Waals surface area contributed by atoms with Gasteiger partial charge in [0.2, 0.25) is 24.8 Å². The van der Waals surface area contributed by atoms with Gasteiger partial charge in [0.15, 0.2) is 59.9 Å². The van der Waals surface area contributed by atoms with E-state index in [1.807, 2.05) is 29.8 Å². The summed E-state index contributed by atoms with van der Waals surface area (Å²) in [6, 6.07) is 23.8. The summed E-state index contributed by atoms with van der Waals surface area (Å²) in [5.74, 6) is -8.20. The Morgan fingerprint density at radius 2 is 0.945 bits per heavy atom. The molecule has 5 aromatic carbocycles. The summed E-state index contributed by atoms with van der Waals surface area (Å²) < 4.78 is 134. The average molecular weight is 1820 g/mol. The largest absolute Gasteiger partial charge is 0.740 e. The van der Waals surface area contributed by atoms with Gasteiger partial charge in [0.05, 0.1) is 49.3 Å². The van der Waals surface area contributed by atoms with Gasteiger partial charge in [-0.3, -0.25) is 47.9 Å². The van der Waals surface area contributed by atoms with Crippen LogP contribution in [0.25, 0.3) is 0 Å². The molecule has 14 atom stereocenters. The van der Waals surface area contributed by atoms with Gasteiger partial charge in [0.25, 0.3) is 11.8 Å². The van der Waals surface area contributed by atoms with Crippen LogP contribution in [0.5, 0.6) is 40.2 Å². The van der Waals surface area contributed by atoms with Crippen molar-refractivity contribution in [3.05, 3.63) is 168 Å². The third-order valence-electron chi connectivity index (χ3n) is 20.2. The Balaban J connectivity index is 0.792. The summed E-state index contributed by atoms with van der Waals surface area (Å²) in [6.07, 6.45) is -20.0. The second-order valence-corrected chi connectivity index (χ2v) is 31.9. The molecule has 2 fully saturated rings. The number of aryl methyl sites for hydroxylation is 1. The van der Waals surface area contributed by atoms with E-state index in [4.69, 9.17) is 89.4 Å². The lowest BCUT2D eigenvalue weighted by Gasteiger charge is -2.43. The second-order valence-electron chi connectivity index (χ2n) is 29.3. The molecule has 127 heavy (non-hydrogen) atoms. The van der Waals surface area contributed by atoms with E-state index >= 15 is 4.79 Å². The van der Waals surface area contributed by atoms with Gasteiger partial charge >= 0.3 is 59.9 Å². The molecule has 12 rings (SSSR count). The molecule has 0 bridgehead atoms. The van der Waals surface area contributed by atoms with Crippen LogP contribution in [0.15, 0.2) is 114 Å². The number of fused-ring (bicyclic) bond motifs is 4. The molecular formula is C85H89N4O35S3-. The number of hydrogen-bond donors (Lipinski definition) is 2. The first kappa shape index (κ1) is 93.4. The molecule has 2 saturated heterocycles. The van der Waals surface area contributed by atoms with Crippen molar-refractivity contribution in [2.45, 2.75) is 195 Å². The third kappa shape index (κ3) is 22.9. The number of carbonyl (C=O) groups is 12. The maximum absolute atomic E-state index is 15.0. The molecule has 5 aliphatic rings. The molecule has 4 amide bonds. The van der Waals surface area contributed by atoms with Crippen molar-refractivity contribution in [2.75, 3.05) is 43.8 Å². The SMILES string of the molecule is CCc1sccc1CN1CC(O)N(C(=O)OCc2ccc(O[C@@H]3O[C@H](COC(C)=O)[C@H](OC(C)=O)[C@H](OC(C)=O)[C@H]3OC(C)=O)cc2)c2cc(OCc3cc(COc4cc5c(cc4OC)C(=O)N4Cc6ccsc6C[C@H]4C(O)N5C(=O)OCc4ccc(O[C@@H]5O[C@H](COC(C)=O)[C@H](OC(C)=O)[C@H](OC(C)=O)[C@H]5OC(C)=O)cc4)cc(OS(=O)[O-])c3)c(OC)cc2C1=O. The number of methoxy groups -OCH3 is 2. The molecule has 2 N–H and O–H groups in total. The van der Waals surface area contributed by atoms with Crippen molar-refractivity contribution in [3.63, 3.8) is 0 Å². The van der Waals surface area contributed by atoms with Crippen molar-refractivity contribution in [2.24, 2.45) is 0 Å². The quantitative estimate of drug-likeness (QED) is 0.0237. The first-order chi connectivity index (χ1) is 60.6. The Bertz CT molecular complexity index is 5290. The topological polar surface area (TPSA) is 474 Å². The van der Waals surface area contributed by atoms with Crippen LogP contribution in [0, 0.1) is 0 Å². The van der Waals surface area contributed by atoms with Crippen LogP contribution in [-0.4, -0.2) is 214 Å². The maximum atomic E-state index is 15.0. The first-order valence-electron chi connectivity index (χ1n) is 39.4. The maximum Gasteiger partial charge on any atom is 0.416 e. The minimum Gasteiger partial charge on any atom is -0.740 e. The Morgan fingerprint density at radius 3 is 1.40 bits per heavy atom.